The second-order valence-electron chi connectivity index (χ2n) is 7.38. The molecule has 0 bridgehead atoms. The second kappa shape index (κ2) is 8.74. The summed E-state index contributed by atoms with van der Waals surface area (Å²) in [5.41, 5.74) is 3.14. The molecule has 2 N–H and O–H groups in total. The topological polar surface area (TPSA) is 48.6 Å². The van der Waals surface area contributed by atoms with Gasteiger partial charge >= 0.3 is 0 Å². The van der Waals surface area contributed by atoms with E-state index in [-0.39, 0.29) is 12.4 Å². The van der Waals surface area contributed by atoms with Gasteiger partial charge in [0.15, 0.2) is 0 Å². The maximum atomic E-state index is 13.2. The Morgan fingerprint density at radius 2 is 1.45 bits per heavy atom. The Morgan fingerprint density at radius 1 is 0.862 bits per heavy atom. The molecule has 4 aromatic rings. The summed E-state index contributed by atoms with van der Waals surface area (Å²) in [5, 5.41) is 22.6. The molecule has 0 aliphatic carbocycles. The largest absolute Gasteiger partial charge is 0.395 e. The molecule has 0 radical (unpaired) electrons. The summed E-state index contributed by atoms with van der Waals surface area (Å²) in [6, 6.07) is 22.8. The average Bonchev–Trinajstić information content (AvgIpc) is 3.04. The summed E-state index contributed by atoms with van der Waals surface area (Å²) in [5.74, 6) is -0.270. The Bertz CT molecular complexity index is 1040. The molecule has 5 heteroatoms. The fraction of sp³-hybridized carbons (Fsp3) is 0.250. The molecule has 4 nitrogen and oxygen atoms in total. The van der Waals surface area contributed by atoms with Crippen LogP contribution >= 0.6 is 0 Å². The zero-order chi connectivity index (χ0) is 20.2. The molecule has 0 saturated heterocycles. The van der Waals surface area contributed by atoms with Crippen molar-refractivity contribution in [2.45, 2.75) is 19.2 Å². The van der Waals surface area contributed by atoms with Gasteiger partial charge in [-0.3, -0.25) is 4.90 Å². The summed E-state index contributed by atoms with van der Waals surface area (Å²) < 4.78 is 15.3. The Kier molecular flexibility index (Phi) is 5.90. The fourth-order valence-corrected chi connectivity index (χ4v) is 3.99. The lowest BCUT2D eigenvalue weighted by atomic mass is 10.2. The molecular weight excluding hydrogens is 367 g/mol. The Balaban J connectivity index is 1.54. The van der Waals surface area contributed by atoms with Crippen LogP contribution in [0.4, 0.5) is 4.39 Å². The number of aliphatic hydroxyl groups excluding tert-OH is 2. The molecule has 0 amide bonds. The first-order valence-corrected chi connectivity index (χ1v) is 9.87. The first-order valence-electron chi connectivity index (χ1n) is 9.87. The number of hydrogen-bond acceptors (Lipinski definition) is 3. The molecule has 3 aromatic carbocycles. The summed E-state index contributed by atoms with van der Waals surface area (Å²) in [6.45, 7) is 1.87. The van der Waals surface area contributed by atoms with Crippen LogP contribution in [0.5, 0.6) is 0 Å². The van der Waals surface area contributed by atoms with Crippen molar-refractivity contribution >= 4 is 21.8 Å². The summed E-state index contributed by atoms with van der Waals surface area (Å²) in [4.78, 5) is 1.99. The predicted octanol–water partition coefficient (Wildman–Crippen LogP) is 3.79. The molecule has 150 valence electrons. The molecule has 1 aromatic heterocycles. The Labute approximate surface area is 169 Å². The van der Waals surface area contributed by atoms with E-state index in [2.05, 4.69) is 28.8 Å². The van der Waals surface area contributed by atoms with Gasteiger partial charge in [0, 0.05) is 41.4 Å². The quantitative estimate of drug-likeness (QED) is 0.480. The maximum absolute atomic E-state index is 13.2. The van der Waals surface area contributed by atoms with Crippen LogP contribution in [0.2, 0.25) is 0 Å². The number of aromatic nitrogens is 1. The Morgan fingerprint density at radius 3 is 2.03 bits per heavy atom. The second-order valence-corrected chi connectivity index (χ2v) is 7.38. The summed E-state index contributed by atoms with van der Waals surface area (Å²) in [7, 11) is 0. The van der Waals surface area contributed by atoms with E-state index < -0.39 is 6.10 Å². The van der Waals surface area contributed by atoms with Gasteiger partial charge in [0.05, 0.1) is 19.3 Å². The molecule has 1 heterocycles. The van der Waals surface area contributed by atoms with Crippen LogP contribution in [0.15, 0.2) is 72.8 Å². The molecule has 1 unspecified atom stereocenters. The normalized spacial score (nSPS) is 12.8. The van der Waals surface area contributed by atoms with E-state index in [9.17, 15) is 14.6 Å². The fourth-order valence-electron chi connectivity index (χ4n) is 3.99. The van der Waals surface area contributed by atoms with E-state index >= 15 is 0 Å². The van der Waals surface area contributed by atoms with Crippen molar-refractivity contribution in [3.8, 4) is 0 Å². The number of para-hydroxylation sites is 2. The van der Waals surface area contributed by atoms with Gasteiger partial charge in [-0.25, -0.2) is 4.39 Å². The minimum atomic E-state index is -0.610. The van der Waals surface area contributed by atoms with E-state index in [0.717, 1.165) is 16.6 Å². The zero-order valence-corrected chi connectivity index (χ0v) is 16.2. The van der Waals surface area contributed by atoms with Crippen molar-refractivity contribution in [3.63, 3.8) is 0 Å². The predicted molar refractivity (Wildman–Crippen MR) is 114 cm³/mol. The van der Waals surface area contributed by atoms with Crippen molar-refractivity contribution in [2.24, 2.45) is 0 Å². The molecule has 0 saturated carbocycles. The highest BCUT2D eigenvalue weighted by molar-refractivity contribution is 6.07. The van der Waals surface area contributed by atoms with Crippen LogP contribution in [0.3, 0.4) is 0 Å². The number of halogens is 1. The third kappa shape index (κ3) is 4.32. The van der Waals surface area contributed by atoms with Crippen molar-refractivity contribution in [1.82, 2.24) is 9.47 Å². The van der Waals surface area contributed by atoms with E-state index in [4.69, 9.17) is 0 Å². The molecule has 0 aliphatic rings. The van der Waals surface area contributed by atoms with Crippen LogP contribution in [-0.2, 0) is 13.1 Å². The van der Waals surface area contributed by atoms with Crippen molar-refractivity contribution < 1.29 is 14.6 Å². The van der Waals surface area contributed by atoms with Gasteiger partial charge in [0.2, 0.25) is 0 Å². The molecule has 1 atom stereocenters. The van der Waals surface area contributed by atoms with E-state index in [1.165, 1.54) is 22.9 Å². The van der Waals surface area contributed by atoms with Crippen molar-refractivity contribution in [1.29, 1.82) is 0 Å². The van der Waals surface area contributed by atoms with Crippen LogP contribution < -0.4 is 0 Å². The standard InChI is InChI=1S/C24H25FN2O2/c25-19-11-9-18(10-12-19)15-26(13-14-28)16-20(29)17-27-23-7-3-1-5-21(23)22-6-2-4-8-24(22)27/h1-12,20,28-29H,13-17H2. The minimum absolute atomic E-state index is 0.00327. The highest BCUT2D eigenvalue weighted by atomic mass is 19.1. The molecule has 0 spiro atoms. The highest BCUT2D eigenvalue weighted by Gasteiger charge is 2.16. The number of aliphatic hydroxyl groups is 2. The van der Waals surface area contributed by atoms with Crippen LogP contribution in [0.1, 0.15) is 5.56 Å². The number of fused-ring (bicyclic) bond motifs is 3. The molecule has 4 rings (SSSR count). The van der Waals surface area contributed by atoms with Gasteiger partial charge in [-0.1, -0.05) is 48.5 Å². The van der Waals surface area contributed by atoms with Gasteiger partial charge in [-0.05, 0) is 29.8 Å². The molecular formula is C24H25FN2O2. The molecule has 29 heavy (non-hydrogen) atoms. The van der Waals surface area contributed by atoms with E-state index in [1.807, 2.05) is 29.2 Å². The van der Waals surface area contributed by atoms with Gasteiger partial charge < -0.3 is 14.8 Å². The van der Waals surface area contributed by atoms with Gasteiger partial charge in [0.25, 0.3) is 0 Å². The third-order valence-corrected chi connectivity index (χ3v) is 5.28. The number of hydrogen-bond donors (Lipinski definition) is 2. The van der Waals surface area contributed by atoms with Crippen LogP contribution in [-0.4, -0.2) is 45.5 Å². The highest BCUT2D eigenvalue weighted by Crippen LogP contribution is 2.28. The lowest BCUT2D eigenvalue weighted by molar-refractivity contribution is 0.0854. The molecule has 0 fully saturated rings. The first-order chi connectivity index (χ1) is 14.2. The summed E-state index contributed by atoms with van der Waals surface area (Å²) >= 11 is 0. The molecule has 0 aliphatic heterocycles. The zero-order valence-electron chi connectivity index (χ0n) is 16.2. The van der Waals surface area contributed by atoms with Gasteiger partial charge in [-0.15, -0.1) is 0 Å². The van der Waals surface area contributed by atoms with Crippen LogP contribution in [0.25, 0.3) is 21.8 Å². The van der Waals surface area contributed by atoms with Crippen molar-refractivity contribution in [2.75, 3.05) is 19.7 Å². The summed E-state index contributed by atoms with van der Waals surface area (Å²) in [6.07, 6.45) is -0.610. The number of nitrogens with zero attached hydrogens (tertiary/aromatic N) is 2. The van der Waals surface area contributed by atoms with Gasteiger partial charge in [0.1, 0.15) is 5.82 Å². The monoisotopic (exact) mass is 392 g/mol. The average molecular weight is 392 g/mol. The van der Waals surface area contributed by atoms with E-state index in [0.29, 0.717) is 26.2 Å². The third-order valence-electron chi connectivity index (χ3n) is 5.28. The number of benzene rings is 3. The SMILES string of the molecule is OCCN(Cc1ccc(F)cc1)CC(O)Cn1c2ccccc2c2ccccc21. The first kappa shape index (κ1) is 19.6. The number of rotatable bonds is 8. The lowest BCUT2D eigenvalue weighted by Gasteiger charge is -2.25. The smallest absolute Gasteiger partial charge is 0.123 e. The lowest BCUT2D eigenvalue weighted by Crippen LogP contribution is -2.36. The van der Waals surface area contributed by atoms with Crippen LogP contribution in [0, 0.1) is 5.82 Å². The Hall–Kier alpha value is -2.73. The van der Waals surface area contributed by atoms with E-state index in [1.54, 1.807) is 12.1 Å². The van der Waals surface area contributed by atoms with Crippen molar-refractivity contribution in [3.05, 3.63) is 84.2 Å². The maximum Gasteiger partial charge on any atom is 0.123 e. The van der Waals surface area contributed by atoms with Gasteiger partial charge in [-0.2, -0.15) is 0 Å². The minimum Gasteiger partial charge on any atom is -0.395 e.